The molecule has 2 saturated carbocycles. The van der Waals surface area contributed by atoms with Crippen molar-refractivity contribution in [1.82, 2.24) is 10.1 Å². The van der Waals surface area contributed by atoms with Crippen LogP contribution in [-0.2, 0) is 6.54 Å². The van der Waals surface area contributed by atoms with Crippen LogP contribution in [0, 0.1) is 11.8 Å². The Balaban J connectivity index is 1.59. The van der Waals surface area contributed by atoms with Crippen LogP contribution in [0.4, 0.5) is 0 Å². The van der Waals surface area contributed by atoms with Gasteiger partial charge >= 0.3 is 5.97 Å². The summed E-state index contributed by atoms with van der Waals surface area (Å²) in [6.45, 7) is 2.91. The minimum atomic E-state index is -1.03. The van der Waals surface area contributed by atoms with Crippen molar-refractivity contribution in [2.75, 3.05) is 13.1 Å². The highest BCUT2D eigenvalue weighted by Crippen LogP contribution is 2.34. The molecule has 2 fully saturated rings. The van der Waals surface area contributed by atoms with E-state index in [2.05, 4.69) is 10.1 Å². The molecule has 0 bridgehead atoms. The van der Waals surface area contributed by atoms with E-state index in [0.717, 1.165) is 24.9 Å². The van der Waals surface area contributed by atoms with Gasteiger partial charge in [-0.3, -0.25) is 4.90 Å². The monoisotopic (exact) mass is 250 g/mol. The summed E-state index contributed by atoms with van der Waals surface area (Å²) in [5, 5.41) is 12.4. The number of nitrogens with zero attached hydrogens (tertiary/aromatic N) is 2. The first kappa shape index (κ1) is 11.7. The second-order valence-electron chi connectivity index (χ2n) is 5.56. The molecule has 0 radical (unpaired) electrons. The molecule has 1 N–H and O–H groups in total. The van der Waals surface area contributed by atoms with Gasteiger partial charge in [-0.25, -0.2) is 4.79 Å². The molecule has 1 heterocycles. The first-order chi connectivity index (χ1) is 8.70. The third kappa shape index (κ3) is 3.10. The molecule has 0 saturated heterocycles. The second-order valence-corrected chi connectivity index (χ2v) is 5.56. The van der Waals surface area contributed by atoms with E-state index >= 15 is 0 Å². The number of aromatic carboxylic acids is 1. The molecule has 5 heteroatoms. The average molecular weight is 250 g/mol. The van der Waals surface area contributed by atoms with Crippen molar-refractivity contribution in [3.8, 4) is 0 Å². The molecule has 0 amide bonds. The van der Waals surface area contributed by atoms with Gasteiger partial charge in [-0.1, -0.05) is 5.16 Å². The van der Waals surface area contributed by atoms with Crippen molar-refractivity contribution in [3.63, 3.8) is 0 Å². The lowest BCUT2D eigenvalue weighted by Crippen LogP contribution is -2.27. The van der Waals surface area contributed by atoms with Crippen LogP contribution in [0.2, 0.25) is 0 Å². The summed E-state index contributed by atoms with van der Waals surface area (Å²) in [5.41, 5.74) is 0.00259. The van der Waals surface area contributed by atoms with E-state index in [1.54, 1.807) is 0 Å². The molecular formula is C13H18N2O3. The zero-order valence-electron chi connectivity index (χ0n) is 10.3. The zero-order chi connectivity index (χ0) is 12.5. The second kappa shape index (κ2) is 4.72. The van der Waals surface area contributed by atoms with Crippen molar-refractivity contribution in [2.24, 2.45) is 11.8 Å². The molecule has 2 aliphatic rings. The molecule has 0 aromatic carbocycles. The molecule has 3 rings (SSSR count). The lowest BCUT2D eigenvalue weighted by Gasteiger charge is -2.20. The van der Waals surface area contributed by atoms with Gasteiger partial charge in [0.05, 0.1) is 6.54 Å². The predicted molar refractivity (Wildman–Crippen MR) is 64.2 cm³/mol. The van der Waals surface area contributed by atoms with Crippen LogP contribution in [0.3, 0.4) is 0 Å². The Morgan fingerprint density at radius 1 is 1.33 bits per heavy atom. The standard InChI is InChI=1S/C13H18N2O3/c16-13(17)12-5-11(18-14-12)8-15(6-9-1-2-9)7-10-3-4-10/h5,9-10H,1-4,6-8H2,(H,16,17). The van der Waals surface area contributed by atoms with Crippen LogP contribution in [0.15, 0.2) is 10.6 Å². The molecule has 1 aromatic rings. The molecule has 5 nitrogen and oxygen atoms in total. The van der Waals surface area contributed by atoms with Crippen LogP contribution < -0.4 is 0 Å². The smallest absolute Gasteiger partial charge is 0.358 e. The zero-order valence-corrected chi connectivity index (χ0v) is 10.3. The van der Waals surface area contributed by atoms with E-state index in [9.17, 15) is 4.79 Å². The Kier molecular flexibility index (Phi) is 3.07. The Labute approximate surface area is 106 Å². The predicted octanol–water partition coefficient (Wildman–Crippen LogP) is 1.99. The summed E-state index contributed by atoms with van der Waals surface area (Å²) in [5.74, 6) is 1.31. The van der Waals surface area contributed by atoms with Crippen molar-refractivity contribution < 1.29 is 14.4 Å². The van der Waals surface area contributed by atoms with Gasteiger partial charge in [0, 0.05) is 19.2 Å². The van der Waals surface area contributed by atoms with E-state index in [1.165, 1.54) is 31.7 Å². The first-order valence-electron chi connectivity index (χ1n) is 6.62. The SMILES string of the molecule is O=C(O)c1cc(CN(CC2CC2)CC2CC2)on1. The van der Waals surface area contributed by atoms with Gasteiger partial charge in [-0.2, -0.15) is 0 Å². The topological polar surface area (TPSA) is 66.6 Å². The number of aromatic nitrogens is 1. The van der Waals surface area contributed by atoms with Crippen LogP contribution >= 0.6 is 0 Å². The molecule has 0 aliphatic heterocycles. The highest BCUT2D eigenvalue weighted by atomic mass is 16.5. The van der Waals surface area contributed by atoms with Crippen LogP contribution in [0.25, 0.3) is 0 Å². The Bertz CT molecular complexity index is 421. The van der Waals surface area contributed by atoms with Gasteiger partial charge < -0.3 is 9.63 Å². The number of carboxylic acids is 1. The van der Waals surface area contributed by atoms with Gasteiger partial charge in [0.1, 0.15) is 0 Å². The molecule has 0 unspecified atom stereocenters. The maximum absolute atomic E-state index is 10.7. The quantitative estimate of drug-likeness (QED) is 0.801. The molecule has 0 spiro atoms. The average Bonchev–Trinajstić information content (AvgIpc) is 3.22. The Morgan fingerprint density at radius 2 is 1.94 bits per heavy atom. The number of carboxylic acid groups (broad SMARTS) is 1. The van der Waals surface area contributed by atoms with Crippen molar-refractivity contribution in [2.45, 2.75) is 32.2 Å². The fraction of sp³-hybridized carbons (Fsp3) is 0.692. The number of carbonyl (C=O) groups is 1. The normalized spacial score (nSPS) is 19.4. The first-order valence-corrected chi connectivity index (χ1v) is 6.62. The van der Waals surface area contributed by atoms with Gasteiger partial charge in [-0.15, -0.1) is 0 Å². The summed E-state index contributed by atoms with van der Waals surface area (Å²) in [6.07, 6.45) is 5.33. The van der Waals surface area contributed by atoms with Crippen molar-refractivity contribution in [3.05, 3.63) is 17.5 Å². The molecule has 18 heavy (non-hydrogen) atoms. The summed E-state index contributed by atoms with van der Waals surface area (Å²) in [6, 6.07) is 1.54. The van der Waals surface area contributed by atoms with Gasteiger partial charge in [0.25, 0.3) is 0 Å². The van der Waals surface area contributed by atoms with Gasteiger partial charge in [0.2, 0.25) is 0 Å². The summed E-state index contributed by atoms with van der Waals surface area (Å²) in [7, 11) is 0. The lowest BCUT2D eigenvalue weighted by atomic mass is 10.2. The minimum Gasteiger partial charge on any atom is -0.476 e. The van der Waals surface area contributed by atoms with Crippen LogP contribution in [0.5, 0.6) is 0 Å². The molecule has 1 aromatic heterocycles. The highest BCUT2D eigenvalue weighted by molar-refractivity contribution is 5.85. The number of rotatable bonds is 7. The third-order valence-corrected chi connectivity index (χ3v) is 3.58. The Morgan fingerprint density at radius 3 is 2.39 bits per heavy atom. The summed E-state index contributed by atoms with van der Waals surface area (Å²) < 4.78 is 5.09. The number of hydrogen-bond donors (Lipinski definition) is 1. The van der Waals surface area contributed by atoms with Gasteiger partial charge in [-0.05, 0) is 37.5 Å². The Hall–Kier alpha value is -1.36. The summed E-state index contributed by atoms with van der Waals surface area (Å²) in [4.78, 5) is 13.1. The fourth-order valence-corrected chi connectivity index (χ4v) is 2.24. The number of hydrogen-bond acceptors (Lipinski definition) is 4. The molecular weight excluding hydrogens is 232 g/mol. The molecule has 2 aliphatic carbocycles. The maximum atomic E-state index is 10.7. The molecule has 0 atom stereocenters. The highest BCUT2D eigenvalue weighted by Gasteiger charge is 2.29. The van der Waals surface area contributed by atoms with Crippen LogP contribution in [0.1, 0.15) is 41.9 Å². The van der Waals surface area contributed by atoms with Crippen molar-refractivity contribution in [1.29, 1.82) is 0 Å². The van der Waals surface area contributed by atoms with E-state index in [0.29, 0.717) is 12.3 Å². The maximum Gasteiger partial charge on any atom is 0.358 e. The third-order valence-electron chi connectivity index (χ3n) is 3.58. The van der Waals surface area contributed by atoms with Crippen LogP contribution in [-0.4, -0.2) is 34.2 Å². The fourth-order valence-electron chi connectivity index (χ4n) is 2.24. The largest absolute Gasteiger partial charge is 0.476 e. The van der Waals surface area contributed by atoms with E-state index in [-0.39, 0.29) is 5.69 Å². The molecule has 98 valence electrons. The summed E-state index contributed by atoms with van der Waals surface area (Å²) >= 11 is 0. The minimum absolute atomic E-state index is 0.00259. The van der Waals surface area contributed by atoms with E-state index < -0.39 is 5.97 Å². The van der Waals surface area contributed by atoms with Crippen molar-refractivity contribution >= 4 is 5.97 Å². The van der Waals surface area contributed by atoms with E-state index in [1.807, 2.05) is 0 Å². The lowest BCUT2D eigenvalue weighted by molar-refractivity contribution is 0.0685. The van der Waals surface area contributed by atoms with Gasteiger partial charge in [0.15, 0.2) is 11.5 Å². The van der Waals surface area contributed by atoms with E-state index in [4.69, 9.17) is 9.63 Å².